The Bertz CT molecular complexity index is 839. The van der Waals surface area contributed by atoms with E-state index in [0.717, 1.165) is 36.8 Å². The van der Waals surface area contributed by atoms with Crippen molar-refractivity contribution in [1.82, 2.24) is 15.5 Å². The Morgan fingerprint density at radius 3 is 2.63 bits per heavy atom. The molecule has 30 heavy (non-hydrogen) atoms. The van der Waals surface area contributed by atoms with Crippen molar-refractivity contribution in [1.29, 1.82) is 0 Å². The second kappa shape index (κ2) is 10.3. The van der Waals surface area contributed by atoms with Crippen LogP contribution in [0.3, 0.4) is 0 Å². The first-order valence-electron chi connectivity index (χ1n) is 10.6. The largest absolute Gasteiger partial charge is 0.459 e. The molecule has 162 valence electrons. The van der Waals surface area contributed by atoms with Crippen LogP contribution in [0.1, 0.15) is 49.2 Å². The molecule has 0 saturated carbocycles. The van der Waals surface area contributed by atoms with Crippen LogP contribution < -0.4 is 16.0 Å². The zero-order valence-corrected chi connectivity index (χ0v) is 18.2. The van der Waals surface area contributed by atoms with Crippen LogP contribution in [0.2, 0.25) is 0 Å². The van der Waals surface area contributed by atoms with Crippen LogP contribution in [0.5, 0.6) is 0 Å². The molecule has 0 unspecified atom stereocenters. The van der Waals surface area contributed by atoms with Crippen LogP contribution >= 0.6 is 0 Å². The molecule has 0 aliphatic carbocycles. The third kappa shape index (κ3) is 6.10. The van der Waals surface area contributed by atoms with Gasteiger partial charge in [0.25, 0.3) is 5.91 Å². The van der Waals surface area contributed by atoms with Crippen molar-refractivity contribution in [3.05, 3.63) is 54.0 Å². The quantitative estimate of drug-likeness (QED) is 0.480. The monoisotopic (exact) mass is 411 g/mol. The highest BCUT2D eigenvalue weighted by Gasteiger charge is 2.27. The Hall–Kier alpha value is -2.80. The van der Waals surface area contributed by atoms with Crippen LogP contribution in [0.25, 0.3) is 0 Å². The van der Waals surface area contributed by atoms with Gasteiger partial charge in [0.2, 0.25) is 0 Å². The Kier molecular flexibility index (Phi) is 7.52. The Balaban J connectivity index is 1.50. The lowest BCUT2D eigenvalue weighted by molar-refractivity contribution is 0.0982. The van der Waals surface area contributed by atoms with Crippen LogP contribution in [-0.4, -0.2) is 49.0 Å². The van der Waals surface area contributed by atoms with E-state index in [0.29, 0.717) is 12.3 Å². The highest BCUT2D eigenvalue weighted by molar-refractivity contribution is 6.02. The summed E-state index contributed by atoms with van der Waals surface area (Å²) in [4.78, 5) is 19.1. The lowest BCUT2D eigenvalue weighted by Gasteiger charge is -2.41. The van der Waals surface area contributed by atoms with Crippen molar-refractivity contribution in [3.8, 4) is 0 Å². The maximum Gasteiger partial charge on any atom is 0.291 e. The predicted octanol–water partition coefficient (Wildman–Crippen LogP) is 3.46. The number of nitrogens with zero attached hydrogens (tertiary/aromatic N) is 2. The fourth-order valence-corrected chi connectivity index (χ4v) is 3.68. The first-order chi connectivity index (χ1) is 14.5. The van der Waals surface area contributed by atoms with Gasteiger partial charge in [0, 0.05) is 31.4 Å². The minimum absolute atomic E-state index is 0.0775. The minimum atomic E-state index is -0.262. The zero-order chi connectivity index (χ0) is 21.4. The summed E-state index contributed by atoms with van der Waals surface area (Å²) in [5.74, 6) is 0.798. The van der Waals surface area contributed by atoms with E-state index in [4.69, 9.17) is 4.42 Å². The third-order valence-electron chi connectivity index (χ3n) is 5.51. The first-order valence-corrected chi connectivity index (χ1v) is 10.6. The summed E-state index contributed by atoms with van der Waals surface area (Å²) < 4.78 is 5.14. The molecule has 2 heterocycles. The highest BCUT2D eigenvalue weighted by Crippen LogP contribution is 2.19. The average molecular weight is 412 g/mol. The molecule has 1 aromatic carbocycles. The smallest absolute Gasteiger partial charge is 0.291 e. The van der Waals surface area contributed by atoms with Gasteiger partial charge in [-0.1, -0.05) is 18.6 Å². The summed E-state index contributed by atoms with van der Waals surface area (Å²) in [6, 6.07) is 11.1. The van der Waals surface area contributed by atoms with E-state index >= 15 is 0 Å². The molecule has 7 nitrogen and oxygen atoms in total. The standard InChI is InChI=1S/C23H33N5O2/c1-23(2,28-12-5-4-6-13-28)17-26-22(24-3)25-16-18-9-7-10-19(15-18)27-21(29)20-11-8-14-30-20/h7-11,14-15H,4-6,12-13,16-17H2,1-3H3,(H,27,29)(H2,24,25,26). The van der Waals surface area contributed by atoms with Gasteiger partial charge in [-0.3, -0.25) is 14.7 Å². The predicted molar refractivity (Wildman–Crippen MR) is 121 cm³/mol. The summed E-state index contributed by atoms with van der Waals surface area (Å²) in [6.07, 6.45) is 5.39. The molecular weight excluding hydrogens is 378 g/mol. The van der Waals surface area contributed by atoms with Crippen LogP contribution in [0.4, 0.5) is 5.69 Å². The number of piperidine rings is 1. The lowest BCUT2D eigenvalue weighted by atomic mass is 9.98. The van der Waals surface area contributed by atoms with Crippen molar-refractivity contribution >= 4 is 17.6 Å². The first kappa shape index (κ1) is 21.9. The average Bonchev–Trinajstić information content (AvgIpc) is 3.30. The second-order valence-corrected chi connectivity index (χ2v) is 8.27. The minimum Gasteiger partial charge on any atom is -0.459 e. The molecule has 0 spiro atoms. The number of hydrogen-bond donors (Lipinski definition) is 3. The summed E-state index contributed by atoms with van der Waals surface area (Å²) in [5.41, 5.74) is 1.85. The summed E-state index contributed by atoms with van der Waals surface area (Å²) in [5, 5.41) is 9.67. The molecule has 1 aliphatic heterocycles. The zero-order valence-electron chi connectivity index (χ0n) is 18.2. The molecule has 1 aliphatic rings. The van der Waals surface area contributed by atoms with Gasteiger partial charge in [-0.25, -0.2) is 0 Å². The van der Waals surface area contributed by atoms with Crippen LogP contribution in [0, 0.1) is 0 Å². The number of furan rings is 1. The van der Waals surface area contributed by atoms with E-state index in [9.17, 15) is 4.79 Å². The molecule has 0 bridgehead atoms. The van der Waals surface area contributed by atoms with Crippen molar-refractivity contribution in [2.45, 2.75) is 45.2 Å². The number of guanidine groups is 1. The fourth-order valence-electron chi connectivity index (χ4n) is 3.68. The number of hydrogen-bond acceptors (Lipinski definition) is 4. The van der Waals surface area contributed by atoms with Crippen LogP contribution in [-0.2, 0) is 6.54 Å². The molecule has 1 saturated heterocycles. The number of carbonyl (C=O) groups is 1. The third-order valence-corrected chi connectivity index (χ3v) is 5.51. The van der Waals surface area contributed by atoms with Crippen molar-refractivity contribution in [2.24, 2.45) is 4.99 Å². The maximum atomic E-state index is 12.2. The van der Waals surface area contributed by atoms with E-state index < -0.39 is 0 Å². The molecule has 0 radical (unpaired) electrons. The summed E-state index contributed by atoms with van der Waals surface area (Å²) >= 11 is 0. The summed E-state index contributed by atoms with van der Waals surface area (Å²) in [6.45, 7) is 8.32. The van der Waals surface area contributed by atoms with Gasteiger partial charge < -0.3 is 20.4 Å². The van der Waals surface area contributed by atoms with Gasteiger partial charge in [-0.2, -0.15) is 0 Å². The molecule has 2 aromatic rings. The van der Waals surface area contributed by atoms with E-state index in [1.165, 1.54) is 25.5 Å². The molecule has 0 atom stereocenters. The molecule has 1 fully saturated rings. The topological polar surface area (TPSA) is 81.9 Å². The Morgan fingerprint density at radius 2 is 1.93 bits per heavy atom. The number of rotatable bonds is 7. The number of carbonyl (C=O) groups excluding carboxylic acids is 1. The number of benzene rings is 1. The van der Waals surface area contributed by atoms with Gasteiger partial charge in [0.15, 0.2) is 11.7 Å². The maximum absolute atomic E-state index is 12.2. The van der Waals surface area contributed by atoms with Gasteiger partial charge in [-0.15, -0.1) is 0 Å². The number of nitrogens with one attached hydrogen (secondary N) is 3. The van der Waals surface area contributed by atoms with Gasteiger partial charge in [0.05, 0.1) is 6.26 Å². The fraction of sp³-hybridized carbons (Fsp3) is 0.478. The van der Waals surface area contributed by atoms with Crippen molar-refractivity contribution < 1.29 is 9.21 Å². The Labute approximate surface area is 178 Å². The normalized spacial score (nSPS) is 15.6. The second-order valence-electron chi connectivity index (χ2n) is 8.27. The van der Waals surface area contributed by atoms with Gasteiger partial charge in [-0.05, 0) is 69.6 Å². The molecule has 3 N–H and O–H groups in total. The number of aliphatic imine (C=N–C) groups is 1. The number of likely N-dealkylation sites (tertiary alicyclic amines) is 1. The lowest BCUT2D eigenvalue weighted by Crippen LogP contribution is -2.54. The van der Waals surface area contributed by atoms with E-state index in [1.807, 2.05) is 24.3 Å². The van der Waals surface area contributed by atoms with E-state index in [-0.39, 0.29) is 11.4 Å². The number of anilines is 1. The summed E-state index contributed by atoms with van der Waals surface area (Å²) in [7, 11) is 1.78. The van der Waals surface area contributed by atoms with Crippen molar-refractivity contribution in [3.63, 3.8) is 0 Å². The van der Waals surface area contributed by atoms with E-state index in [1.54, 1.807) is 19.2 Å². The SMILES string of the molecule is CN=C(NCc1cccc(NC(=O)c2ccco2)c1)NCC(C)(C)N1CCCCC1. The highest BCUT2D eigenvalue weighted by atomic mass is 16.3. The molecular formula is C23H33N5O2. The van der Waals surface area contributed by atoms with Gasteiger partial charge in [0.1, 0.15) is 0 Å². The van der Waals surface area contributed by atoms with Crippen LogP contribution in [0.15, 0.2) is 52.1 Å². The molecule has 1 aromatic heterocycles. The Morgan fingerprint density at radius 1 is 1.13 bits per heavy atom. The van der Waals surface area contributed by atoms with E-state index in [2.05, 4.69) is 39.7 Å². The van der Waals surface area contributed by atoms with Crippen molar-refractivity contribution in [2.75, 3.05) is 32.0 Å². The molecule has 3 rings (SSSR count). The number of amides is 1. The molecule has 1 amide bonds. The van der Waals surface area contributed by atoms with Gasteiger partial charge >= 0.3 is 0 Å². The molecule has 7 heteroatoms.